The van der Waals surface area contributed by atoms with Crippen LogP contribution in [0, 0.1) is 0 Å². The zero-order valence-electron chi connectivity index (χ0n) is 12.7. The molecule has 0 saturated carbocycles. The smallest absolute Gasteiger partial charge is 0.271 e. The van der Waals surface area contributed by atoms with E-state index in [1.807, 2.05) is 30.3 Å². The number of carbonyl (C=O) groups is 2. The number of hydrogen-bond acceptors (Lipinski definition) is 4. The maximum absolute atomic E-state index is 11.9. The second kappa shape index (κ2) is 7.19. The molecule has 0 aliphatic heterocycles. The normalized spacial score (nSPS) is 10.2. The summed E-state index contributed by atoms with van der Waals surface area (Å²) in [5.74, 6) is -0.753. The van der Waals surface area contributed by atoms with Crippen LogP contribution in [0.1, 0.15) is 15.9 Å². The Kier molecular flexibility index (Phi) is 4.62. The van der Waals surface area contributed by atoms with Crippen molar-refractivity contribution < 1.29 is 9.59 Å². The first kappa shape index (κ1) is 15.4. The molecular weight excluding hydrogens is 306 g/mol. The van der Waals surface area contributed by atoms with Gasteiger partial charge in [0.1, 0.15) is 0 Å². The largest absolute Gasteiger partial charge is 0.273 e. The number of amides is 2. The molecule has 0 unspecified atom stereocenters. The van der Waals surface area contributed by atoms with Crippen LogP contribution in [-0.2, 0) is 11.2 Å². The number of nitrogens with one attached hydrogen (secondary N) is 2. The minimum absolute atomic E-state index is 0.111. The SMILES string of the molecule is O=C(Cc1cnn(-c2ccccc2)c1)NNC(=O)c1cccnc1. The first-order valence-electron chi connectivity index (χ1n) is 7.30. The van der Waals surface area contributed by atoms with Crippen LogP contribution in [0.5, 0.6) is 0 Å². The number of pyridine rings is 1. The lowest BCUT2D eigenvalue weighted by atomic mass is 10.2. The third-order valence-corrected chi connectivity index (χ3v) is 3.26. The Morgan fingerprint density at radius 3 is 2.58 bits per heavy atom. The molecule has 0 atom stereocenters. The number of benzene rings is 1. The van der Waals surface area contributed by atoms with Crippen LogP contribution in [-0.4, -0.2) is 26.6 Å². The molecule has 7 nitrogen and oxygen atoms in total. The predicted molar refractivity (Wildman–Crippen MR) is 87.1 cm³/mol. The molecule has 1 aromatic carbocycles. The molecule has 2 aromatic heterocycles. The lowest BCUT2D eigenvalue weighted by Crippen LogP contribution is -2.42. The molecule has 24 heavy (non-hydrogen) atoms. The van der Waals surface area contributed by atoms with E-state index in [0.29, 0.717) is 5.56 Å². The van der Waals surface area contributed by atoms with Gasteiger partial charge < -0.3 is 0 Å². The molecule has 0 bridgehead atoms. The molecule has 2 heterocycles. The van der Waals surface area contributed by atoms with Crippen LogP contribution in [0.25, 0.3) is 5.69 Å². The van der Waals surface area contributed by atoms with Crippen molar-refractivity contribution in [2.45, 2.75) is 6.42 Å². The Hall–Kier alpha value is -3.48. The van der Waals surface area contributed by atoms with Crippen molar-refractivity contribution in [3.05, 3.63) is 78.4 Å². The van der Waals surface area contributed by atoms with Crippen LogP contribution >= 0.6 is 0 Å². The molecule has 0 radical (unpaired) electrons. The van der Waals surface area contributed by atoms with Crippen molar-refractivity contribution in [1.29, 1.82) is 0 Å². The molecule has 7 heteroatoms. The van der Waals surface area contributed by atoms with Crippen LogP contribution in [0.4, 0.5) is 0 Å². The zero-order chi connectivity index (χ0) is 16.8. The maximum Gasteiger partial charge on any atom is 0.271 e. The van der Waals surface area contributed by atoms with E-state index < -0.39 is 5.91 Å². The highest BCUT2D eigenvalue weighted by Crippen LogP contribution is 2.07. The molecule has 2 amide bonds. The van der Waals surface area contributed by atoms with E-state index in [4.69, 9.17) is 0 Å². The summed E-state index contributed by atoms with van der Waals surface area (Å²) in [5.41, 5.74) is 6.75. The molecular formula is C17H15N5O2. The first-order valence-corrected chi connectivity index (χ1v) is 7.30. The van der Waals surface area contributed by atoms with Gasteiger partial charge in [-0.3, -0.25) is 25.4 Å². The summed E-state index contributed by atoms with van der Waals surface area (Å²) in [6, 6.07) is 12.9. The average Bonchev–Trinajstić information content (AvgIpc) is 3.09. The summed E-state index contributed by atoms with van der Waals surface area (Å²) in [6.07, 6.45) is 6.50. The number of aromatic nitrogens is 3. The maximum atomic E-state index is 11.9. The molecule has 0 aliphatic rings. The predicted octanol–water partition coefficient (Wildman–Crippen LogP) is 1.27. The fourth-order valence-electron chi connectivity index (χ4n) is 2.10. The fourth-order valence-corrected chi connectivity index (χ4v) is 2.10. The van der Waals surface area contributed by atoms with Crippen molar-refractivity contribution in [3.8, 4) is 5.69 Å². The van der Waals surface area contributed by atoms with E-state index in [0.717, 1.165) is 11.3 Å². The lowest BCUT2D eigenvalue weighted by molar-refractivity contribution is -0.121. The number of para-hydroxylation sites is 1. The third-order valence-electron chi connectivity index (χ3n) is 3.26. The van der Waals surface area contributed by atoms with Gasteiger partial charge in [0, 0.05) is 18.6 Å². The molecule has 0 saturated heterocycles. The molecule has 3 rings (SSSR count). The first-order chi connectivity index (χ1) is 11.7. The Balaban J connectivity index is 1.54. The Morgan fingerprint density at radius 1 is 1.00 bits per heavy atom. The van der Waals surface area contributed by atoms with E-state index in [1.54, 1.807) is 35.4 Å². The van der Waals surface area contributed by atoms with Crippen molar-refractivity contribution in [3.63, 3.8) is 0 Å². The minimum Gasteiger partial charge on any atom is -0.273 e. The van der Waals surface area contributed by atoms with E-state index in [9.17, 15) is 9.59 Å². The van der Waals surface area contributed by atoms with Gasteiger partial charge in [-0.25, -0.2) is 4.68 Å². The number of nitrogens with zero attached hydrogens (tertiary/aromatic N) is 3. The highest BCUT2D eigenvalue weighted by atomic mass is 16.2. The number of hydrogen-bond donors (Lipinski definition) is 2. The van der Waals surface area contributed by atoms with E-state index in [-0.39, 0.29) is 12.3 Å². The van der Waals surface area contributed by atoms with E-state index >= 15 is 0 Å². The van der Waals surface area contributed by atoms with Crippen LogP contribution in [0.3, 0.4) is 0 Å². The van der Waals surface area contributed by atoms with Gasteiger partial charge >= 0.3 is 0 Å². The highest BCUT2D eigenvalue weighted by Gasteiger charge is 2.09. The summed E-state index contributed by atoms with van der Waals surface area (Å²) in [5, 5.41) is 4.22. The van der Waals surface area contributed by atoms with E-state index in [1.165, 1.54) is 6.20 Å². The van der Waals surface area contributed by atoms with Gasteiger partial charge in [-0.15, -0.1) is 0 Å². The standard InChI is InChI=1S/C17H15N5O2/c23-16(20-21-17(24)14-5-4-8-18-11-14)9-13-10-19-22(12-13)15-6-2-1-3-7-15/h1-8,10-12H,9H2,(H,20,23)(H,21,24). The number of carbonyl (C=O) groups excluding carboxylic acids is 2. The molecule has 120 valence electrons. The minimum atomic E-state index is -0.420. The zero-order valence-corrected chi connectivity index (χ0v) is 12.7. The Bertz CT molecular complexity index is 830. The van der Waals surface area contributed by atoms with Gasteiger partial charge in [0.15, 0.2) is 0 Å². The molecule has 2 N–H and O–H groups in total. The van der Waals surface area contributed by atoms with Gasteiger partial charge in [-0.2, -0.15) is 5.10 Å². The van der Waals surface area contributed by atoms with Gasteiger partial charge in [0.05, 0.1) is 23.9 Å². The molecule has 3 aromatic rings. The fraction of sp³-hybridized carbons (Fsp3) is 0.0588. The summed E-state index contributed by atoms with van der Waals surface area (Å²) < 4.78 is 1.69. The average molecular weight is 321 g/mol. The van der Waals surface area contributed by atoms with Gasteiger partial charge in [0.25, 0.3) is 5.91 Å². The van der Waals surface area contributed by atoms with Crippen LogP contribution in [0.15, 0.2) is 67.3 Å². The second-order valence-electron chi connectivity index (χ2n) is 5.05. The number of rotatable bonds is 4. The molecule has 0 aliphatic carbocycles. The van der Waals surface area contributed by atoms with Crippen LogP contribution in [0.2, 0.25) is 0 Å². The topological polar surface area (TPSA) is 88.9 Å². The van der Waals surface area contributed by atoms with Crippen molar-refractivity contribution in [2.75, 3.05) is 0 Å². The lowest BCUT2D eigenvalue weighted by Gasteiger charge is -2.06. The number of hydrazine groups is 1. The van der Waals surface area contributed by atoms with Gasteiger partial charge in [-0.1, -0.05) is 18.2 Å². The van der Waals surface area contributed by atoms with Crippen LogP contribution < -0.4 is 10.9 Å². The third kappa shape index (κ3) is 3.83. The Morgan fingerprint density at radius 2 is 1.83 bits per heavy atom. The van der Waals surface area contributed by atoms with Crippen molar-refractivity contribution >= 4 is 11.8 Å². The van der Waals surface area contributed by atoms with Gasteiger partial charge in [-0.05, 0) is 29.8 Å². The summed E-state index contributed by atoms with van der Waals surface area (Å²) >= 11 is 0. The van der Waals surface area contributed by atoms with Crippen molar-refractivity contribution in [2.24, 2.45) is 0 Å². The summed E-state index contributed by atoms with van der Waals surface area (Å²) in [4.78, 5) is 27.6. The van der Waals surface area contributed by atoms with Gasteiger partial charge in [0.2, 0.25) is 5.91 Å². The second-order valence-corrected chi connectivity index (χ2v) is 5.05. The van der Waals surface area contributed by atoms with Crippen molar-refractivity contribution in [1.82, 2.24) is 25.6 Å². The van der Waals surface area contributed by atoms with E-state index in [2.05, 4.69) is 20.9 Å². The monoisotopic (exact) mass is 321 g/mol. The molecule has 0 fully saturated rings. The summed E-state index contributed by atoms with van der Waals surface area (Å²) in [6.45, 7) is 0. The molecule has 0 spiro atoms. The quantitative estimate of drug-likeness (QED) is 0.708. The highest BCUT2D eigenvalue weighted by molar-refractivity contribution is 5.95. The summed E-state index contributed by atoms with van der Waals surface area (Å²) in [7, 11) is 0. The Labute approximate surface area is 138 Å².